The molecule has 1 rings (SSSR count). The maximum Gasteiger partial charge on any atom is 0.126 e. The van der Waals surface area contributed by atoms with Crippen molar-refractivity contribution in [1.29, 1.82) is 0 Å². The fraction of sp³-hybridized carbons (Fsp3) is 0.500. The number of rotatable bonds is 4. The summed E-state index contributed by atoms with van der Waals surface area (Å²) in [6, 6.07) is 3.39. The molecule has 2 nitrogen and oxygen atoms in total. The fourth-order valence-corrected chi connectivity index (χ4v) is 1.46. The molecule has 0 spiro atoms. The first kappa shape index (κ1) is 12.0. The van der Waals surface area contributed by atoms with Crippen LogP contribution >= 0.6 is 0 Å². The normalized spacial score (nSPS) is 12.6. The van der Waals surface area contributed by atoms with Gasteiger partial charge >= 0.3 is 0 Å². The minimum Gasteiger partial charge on any atom is -0.496 e. The van der Waals surface area contributed by atoms with Crippen molar-refractivity contribution in [3.05, 3.63) is 29.1 Å². The van der Waals surface area contributed by atoms with E-state index in [1.54, 1.807) is 20.1 Å². The van der Waals surface area contributed by atoms with Crippen molar-refractivity contribution in [2.75, 3.05) is 7.11 Å². The molecule has 15 heavy (non-hydrogen) atoms. The van der Waals surface area contributed by atoms with E-state index in [1.165, 1.54) is 6.07 Å². The van der Waals surface area contributed by atoms with E-state index in [4.69, 9.17) is 10.5 Å². The lowest BCUT2D eigenvalue weighted by molar-refractivity contribution is 0.406. The first-order valence-electron chi connectivity index (χ1n) is 5.13. The smallest absolute Gasteiger partial charge is 0.126 e. The van der Waals surface area contributed by atoms with Crippen molar-refractivity contribution in [2.45, 2.75) is 32.7 Å². The van der Waals surface area contributed by atoms with E-state index in [1.807, 2.05) is 6.92 Å². The third-order valence-corrected chi connectivity index (χ3v) is 2.43. The lowest BCUT2D eigenvalue weighted by Crippen LogP contribution is -2.15. The highest BCUT2D eigenvalue weighted by Gasteiger charge is 2.08. The van der Waals surface area contributed by atoms with E-state index in [0.717, 1.165) is 24.2 Å². The summed E-state index contributed by atoms with van der Waals surface area (Å²) < 4.78 is 18.5. The summed E-state index contributed by atoms with van der Waals surface area (Å²) in [6.07, 6.45) is 1.58. The summed E-state index contributed by atoms with van der Waals surface area (Å²) in [6.45, 7) is 3.67. The molecule has 0 saturated heterocycles. The molecular weight excluding hydrogens is 193 g/mol. The third-order valence-electron chi connectivity index (χ3n) is 2.43. The van der Waals surface area contributed by atoms with Crippen LogP contribution in [0, 0.1) is 12.7 Å². The van der Waals surface area contributed by atoms with Crippen molar-refractivity contribution < 1.29 is 9.13 Å². The molecule has 0 saturated carbocycles. The molecule has 1 aromatic rings. The van der Waals surface area contributed by atoms with Gasteiger partial charge < -0.3 is 10.5 Å². The zero-order valence-electron chi connectivity index (χ0n) is 9.51. The summed E-state index contributed by atoms with van der Waals surface area (Å²) in [5, 5.41) is 0. The van der Waals surface area contributed by atoms with Crippen LogP contribution in [0.2, 0.25) is 0 Å². The maximum atomic E-state index is 13.3. The Bertz CT molecular complexity index is 337. The van der Waals surface area contributed by atoms with E-state index in [9.17, 15) is 4.39 Å². The molecule has 3 heteroatoms. The van der Waals surface area contributed by atoms with Crippen LogP contribution in [0.1, 0.15) is 24.5 Å². The number of ether oxygens (including phenoxy) is 1. The van der Waals surface area contributed by atoms with Gasteiger partial charge in [0.25, 0.3) is 0 Å². The molecule has 0 unspecified atom stereocenters. The molecule has 2 N–H and O–H groups in total. The van der Waals surface area contributed by atoms with Crippen LogP contribution in [-0.4, -0.2) is 13.2 Å². The van der Waals surface area contributed by atoms with Gasteiger partial charge in [-0.3, -0.25) is 0 Å². The van der Waals surface area contributed by atoms with Crippen molar-refractivity contribution >= 4 is 0 Å². The number of aryl methyl sites for hydroxylation is 2. The average Bonchev–Trinajstić information content (AvgIpc) is 2.19. The monoisotopic (exact) mass is 211 g/mol. The van der Waals surface area contributed by atoms with Crippen LogP contribution in [0.5, 0.6) is 5.75 Å². The molecule has 0 aliphatic carbocycles. The van der Waals surface area contributed by atoms with Crippen LogP contribution in [0.15, 0.2) is 12.1 Å². The van der Waals surface area contributed by atoms with E-state index < -0.39 is 0 Å². The highest BCUT2D eigenvalue weighted by atomic mass is 19.1. The quantitative estimate of drug-likeness (QED) is 0.830. The van der Waals surface area contributed by atoms with Gasteiger partial charge in [0.1, 0.15) is 11.6 Å². The second-order valence-electron chi connectivity index (χ2n) is 3.93. The standard InChI is InChI=1S/C12H18FNO/c1-8-6-12(15-3)10(7-11(8)13)5-4-9(2)14/h6-7,9H,4-5,14H2,1-3H3/t9-/m1/s1. The Morgan fingerprint density at radius 1 is 1.47 bits per heavy atom. The van der Waals surface area contributed by atoms with Crippen LogP contribution in [-0.2, 0) is 6.42 Å². The maximum absolute atomic E-state index is 13.3. The van der Waals surface area contributed by atoms with Crippen LogP contribution in [0.4, 0.5) is 4.39 Å². The summed E-state index contributed by atoms with van der Waals surface area (Å²) in [5.74, 6) is 0.560. The predicted octanol–water partition coefficient (Wildman–Crippen LogP) is 2.42. The lowest BCUT2D eigenvalue weighted by Gasteiger charge is -2.11. The van der Waals surface area contributed by atoms with Crippen molar-refractivity contribution in [3.63, 3.8) is 0 Å². The Hall–Kier alpha value is -1.09. The summed E-state index contributed by atoms with van der Waals surface area (Å²) in [7, 11) is 1.60. The van der Waals surface area contributed by atoms with Crippen LogP contribution in [0.3, 0.4) is 0 Å². The van der Waals surface area contributed by atoms with Crippen LogP contribution in [0.25, 0.3) is 0 Å². The van der Waals surface area contributed by atoms with Gasteiger partial charge in [0, 0.05) is 6.04 Å². The second kappa shape index (κ2) is 5.12. The minimum absolute atomic E-state index is 0.124. The highest BCUT2D eigenvalue weighted by molar-refractivity contribution is 5.38. The van der Waals surface area contributed by atoms with Crippen molar-refractivity contribution in [1.82, 2.24) is 0 Å². The molecule has 0 aromatic heterocycles. The SMILES string of the molecule is COc1cc(C)c(F)cc1CC[C@@H](C)N. The average molecular weight is 211 g/mol. The molecule has 1 atom stereocenters. The van der Waals surface area contributed by atoms with Gasteiger partial charge in [0.15, 0.2) is 0 Å². The highest BCUT2D eigenvalue weighted by Crippen LogP contribution is 2.23. The van der Waals surface area contributed by atoms with E-state index in [0.29, 0.717) is 5.56 Å². The van der Waals surface area contributed by atoms with E-state index in [2.05, 4.69) is 0 Å². The van der Waals surface area contributed by atoms with Crippen molar-refractivity contribution in [2.24, 2.45) is 5.73 Å². The minimum atomic E-state index is -0.185. The topological polar surface area (TPSA) is 35.2 Å². The summed E-state index contributed by atoms with van der Waals surface area (Å²) >= 11 is 0. The predicted molar refractivity (Wildman–Crippen MR) is 59.7 cm³/mol. The molecule has 0 amide bonds. The number of hydrogen-bond acceptors (Lipinski definition) is 2. The molecule has 84 valence electrons. The number of halogens is 1. The zero-order valence-corrected chi connectivity index (χ0v) is 9.51. The molecule has 0 bridgehead atoms. The fourth-order valence-electron chi connectivity index (χ4n) is 1.46. The van der Waals surface area contributed by atoms with Gasteiger partial charge in [-0.25, -0.2) is 4.39 Å². The Morgan fingerprint density at radius 2 is 2.13 bits per heavy atom. The number of hydrogen-bond donors (Lipinski definition) is 1. The van der Waals surface area contributed by atoms with E-state index >= 15 is 0 Å². The van der Waals surface area contributed by atoms with Gasteiger partial charge in [-0.1, -0.05) is 0 Å². The van der Waals surface area contributed by atoms with E-state index in [-0.39, 0.29) is 11.9 Å². The Balaban J connectivity index is 2.89. The van der Waals surface area contributed by atoms with Crippen molar-refractivity contribution in [3.8, 4) is 5.75 Å². The molecule has 0 heterocycles. The second-order valence-corrected chi connectivity index (χ2v) is 3.93. The number of nitrogens with two attached hydrogens (primary N) is 1. The zero-order chi connectivity index (χ0) is 11.4. The molecule has 1 aromatic carbocycles. The number of methoxy groups -OCH3 is 1. The van der Waals surface area contributed by atoms with Gasteiger partial charge in [-0.15, -0.1) is 0 Å². The van der Waals surface area contributed by atoms with Crippen LogP contribution < -0.4 is 10.5 Å². The van der Waals surface area contributed by atoms with Gasteiger partial charge in [-0.2, -0.15) is 0 Å². The molecule has 0 aliphatic rings. The molecule has 0 fully saturated rings. The first-order valence-corrected chi connectivity index (χ1v) is 5.13. The third kappa shape index (κ3) is 3.20. The molecule has 0 radical (unpaired) electrons. The molecule has 0 aliphatic heterocycles. The molecular formula is C12H18FNO. The summed E-state index contributed by atoms with van der Waals surface area (Å²) in [4.78, 5) is 0. The first-order chi connectivity index (χ1) is 7.04. The summed E-state index contributed by atoms with van der Waals surface area (Å²) in [5.41, 5.74) is 7.16. The Morgan fingerprint density at radius 3 is 2.67 bits per heavy atom. The Kier molecular flexibility index (Phi) is 4.09. The van der Waals surface area contributed by atoms with Gasteiger partial charge in [0.05, 0.1) is 7.11 Å². The Labute approximate surface area is 90.2 Å². The van der Waals surface area contributed by atoms with Gasteiger partial charge in [-0.05, 0) is 49.9 Å². The lowest BCUT2D eigenvalue weighted by atomic mass is 10.0. The number of benzene rings is 1. The van der Waals surface area contributed by atoms with Gasteiger partial charge in [0.2, 0.25) is 0 Å². The largest absolute Gasteiger partial charge is 0.496 e.